The second-order valence-corrected chi connectivity index (χ2v) is 3.06. The smallest absolute Gasteiger partial charge is 0.342 e. The van der Waals surface area contributed by atoms with E-state index in [1.54, 1.807) is 12.1 Å². The van der Waals surface area contributed by atoms with Crippen molar-refractivity contribution in [3.05, 3.63) is 46.6 Å². The SMILES string of the molecule is Cc1ccc(C(=O)O/C=C/Br)cc1. The van der Waals surface area contributed by atoms with Gasteiger partial charge in [-0.25, -0.2) is 4.79 Å². The predicted octanol–water partition coefficient (Wildman–Crippen LogP) is 3.02. The van der Waals surface area contributed by atoms with E-state index in [9.17, 15) is 4.79 Å². The Hall–Kier alpha value is -1.09. The molecule has 0 spiro atoms. The van der Waals surface area contributed by atoms with Gasteiger partial charge >= 0.3 is 5.97 Å². The molecule has 0 amide bonds. The third-order valence-corrected chi connectivity index (χ3v) is 1.73. The van der Waals surface area contributed by atoms with Crippen molar-refractivity contribution in [2.75, 3.05) is 0 Å². The largest absolute Gasteiger partial charge is 0.430 e. The number of hydrogen-bond donors (Lipinski definition) is 0. The monoisotopic (exact) mass is 240 g/mol. The van der Waals surface area contributed by atoms with Gasteiger partial charge in [-0.15, -0.1) is 0 Å². The van der Waals surface area contributed by atoms with Crippen LogP contribution in [0, 0.1) is 6.92 Å². The Labute approximate surface area is 85.3 Å². The van der Waals surface area contributed by atoms with Gasteiger partial charge in [0, 0.05) is 4.99 Å². The van der Waals surface area contributed by atoms with Gasteiger partial charge in [-0.3, -0.25) is 0 Å². The molecule has 0 fully saturated rings. The van der Waals surface area contributed by atoms with Crippen LogP contribution in [0.3, 0.4) is 0 Å². The Morgan fingerprint density at radius 3 is 2.54 bits per heavy atom. The summed E-state index contributed by atoms with van der Waals surface area (Å²) in [6.07, 6.45) is 1.29. The number of aryl methyl sites for hydroxylation is 1. The second kappa shape index (κ2) is 4.82. The fourth-order valence-corrected chi connectivity index (χ4v) is 0.953. The summed E-state index contributed by atoms with van der Waals surface area (Å²) in [4.78, 5) is 12.7. The topological polar surface area (TPSA) is 26.3 Å². The van der Waals surface area contributed by atoms with Crippen molar-refractivity contribution in [1.82, 2.24) is 0 Å². The highest BCUT2D eigenvalue weighted by atomic mass is 79.9. The molecule has 0 aliphatic rings. The van der Waals surface area contributed by atoms with E-state index in [4.69, 9.17) is 4.74 Å². The van der Waals surface area contributed by atoms with Crippen LogP contribution in [0.5, 0.6) is 0 Å². The highest BCUT2D eigenvalue weighted by Crippen LogP contribution is 2.05. The van der Waals surface area contributed by atoms with Crippen molar-refractivity contribution >= 4 is 21.9 Å². The summed E-state index contributed by atoms with van der Waals surface area (Å²) < 4.78 is 4.75. The van der Waals surface area contributed by atoms with E-state index in [2.05, 4.69) is 15.9 Å². The third-order valence-electron chi connectivity index (χ3n) is 1.51. The number of esters is 1. The number of carbonyl (C=O) groups is 1. The Kier molecular flexibility index (Phi) is 3.71. The molecule has 3 heteroatoms. The van der Waals surface area contributed by atoms with Crippen LogP contribution in [-0.2, 0) is 4.74 Å². The molecule has 0 unspecified atom stereocenters. The van der Waals surface area contributed by atoms with E-state index < -0.39 is 0 Å². The average Bonchev–Trinajstić information content (AvgIpc) is 2.15. The number of ether oxygens (including phenoxy) is 1. The first-order chi connectivity index (χ1) is 6.24. The molecule has 0 aromatic heterocycles. The van der Waals surface area contributed by atoms with Gasteiger partial charge in [-0.2, -0.15) is 0 Å². The molecule has 0 radical (unpaired) electrons. The second-order valence-electron chi connectivity index (χ2n) is 2.53. The van der Waals surface area contributed by atoms with Gasteiger partial charge in [0.25, 0.3) is 0 Å². The highest BCUT2D eigenvalue weighted by Gasteiger charge is 2.03. The van der Waals surface area contributed by atoms with Crippen LogP contribution >= 0.6 is 15.9 Å². The average molecular weight is 241 g/mol. The zero-order valence-electron chi connectivity index (χ0n) is 7.16. The van der Waals surface area contributed by atoms with Crippen LogP contribution in [0.25, 0.3) is 0 Å². The van der Waals surface area contributed by atoms with Crippen LogP contribution in [0.1, 0.15) is 15.9 Å². The summed E-state index contributed by atoms with van der Waals surface area (Å²) in [5.41, 5.74) is 1.67. The van der Waals surface area contributed by atoms with Crippen molar-refractivity contribution in [2.24, 2.45) is 0 Å². The van der Waals surface area contributed by atoms with Crippen molar-refractivity contribution in [2.45, 2.75) is 6.92 Å². The van der Waals surface area contributed by atoms with E-state index in [1.807, 2.05) is 19.1 Å². The molecule has 13 heavy (non-hydrogen) atoms. The first-order valence-corrected chi connectivity index (χ1v) is 4.68. The molecule has 0 bridgehead atoms. The van der Waals surface area contributed by atoms with Gasteiger partial charge in [0.05, 0.1) is 5.56 Å². The number of halogens is 1. The van der Waals surface area contributed by atoms with E-state index >= 15 is 0 Å². The first kappa shape index (κ1) is 9.99. The molecule has 1 aromatic rings. The van der Waals surface area contributed by atoms with Crippen molar-refractivity contribution < 1.29 is 9.53 Å². The summed E-state index contributed by atoms with van der Waals surface area (Å²) >= 11 is 3.00. The summed E-state index contributed by atoms with van der Waals surface area (Å²) in [5, 5.41) is 0. The van der Waals surface area contributed by atoms with E-state index in [1.165, 1.54) is 11.2 Å². The molecule has 2 nitrogen and oxygen atoms in total. The maximum Gasteiger partial charge on any atom is 0.342 e. The molecule has 0 aliphatic carbocycles. The first-order valence-electron chi connectivity index (χ1n) is 3.77. The standard InChI is InChI=1S/C10H9BrO2/c1-8-2-4-9(5-3-8)10(12)13-7-6-11/h2-7H,1H3/b7-6+. The molecular weight excluding hydrogens is 232 g/mol. The van der Waals surface area contributed by atoms with Crippen LogP contribution in [0.4, 0.5) is 0 Å². The zero-order valence-corrected chi connectivity index (χ0v) is 8.74. The van der Waals surface area contributed by atoms with Crippen LogP contribution in [-0.4, -0.2) is 5.97 Å². The van der Waals surface area contributed by atoms with Crippen LogP contribution in [0.2, 0.25) is 0 Å². The lowest BCUT2D eigenvalue weighted by molar-refractivity contribution is 0.0664. The summed E-state index contributed by atoms with van der Waals surface area (Å²) in [6, 6.07) is 7.21. The number of rotatable bonds is 2. The molecule has 0 saturated carbocycles. The Balaban J connectivity index is 2.72. The van der Waals surface area contributed by atoms with E-state index in [0.29, 0.717) is 5.56 Å². The van der Waals surface area contributed by atoms with Crippen LogP contribution in [0.15, 0.2) is 35.5 Å². The minimum Gasteiger partial charge on any atom is -0.430 e. The molecule has 0 atom stereocenters. The minimum atomic E-state index is -0.351. The maximum atomic E-state index is 11.2. The van der Waals surface area contributed by atoms with Crippen molar-refractivity contribution in [3.63, 3.8) is 0 Å². The fraction of sp³-hybridized carbons (Fsp3) is 0.100. The van der Waals surface area contributed by atoms with Crippen LogP contribution < -0.4 is 0 Å². The van der Waals surface area contributed by atoms with Gasteiger partial charge in [-0.1, -0.05) is 33.6 Å². The summed E-state index contributed by atoms with van der Waals surface area (Å²) in [5.74, 6) is -0.351. The molecule has 0 aliphatic heterocycles. The summed E-state index contributed by atoms with van der Waals surface area (Å²) in [6.45, 7) is 1.97. The maximum absolute atomic E-state index is 11.2. The Morgan fingerprint density at radius 2 is 2.00 bits per heavy atom. The normalized spacial score (nSPS) is 10.3. The van der Waals surface area contributed by atoms with E-state index in [-0.39, 0.29) is 5.97 Å². The molecule has 1 rings (SSSR count). The lowest BCUT2D eigenvalue weighted by atomic mass is 10.2. The quantitative estimate of drug-likeness (QED) is 0.587. The summed E-state index contributed by atoms with van der Waals surface area (Å²) in [7, 11) is 0. The molecular formula is C10H9BrO2. The van der Waals surface area contributed by atoms with Crippen molar-refractivity contribution in [3.8, 4) is 0 Å². The van der Waals surface area contributed by atoms with Gasteiger partial charge in [-0.05, 0) is 19.1 Å². The fourth-order valence-electron chi connectivity index (χ4n) is 0.845. The predicted molar refractivity (Wildman–Crippen MR) is 54.7 cm³/mol. The highest BCUT2D eigenvalue weighted by molar-refractivity contribution is 9.11. The molecule has 0 heterocycles. The molecule has 1 aromatic carbocycles. The van der Waals surface area contributed by atoms with Crippen molar-refractivity contribution in [1.29, 1.82) is 0 Å². The van der Waals surface area contributed by atoms with Gasteiger partial charge in [0.2, 0.25) is 0 Å². The molecule has 68 valence electrons. The molecule has 0 N–H and O–H groups in total. The Morgan fingerprint density at radius 1 is 1.38 bits per heavy atom. The lowest BCUT2D eigenvalue weighted by Gasteiger charge is -1.98. The lowest BCUT2D eigenvalue weighted by Crippen LogP contribution is -1.99. The molecule has 0 saturated heterocycles. The Bertz CT molecular complexity index is 314. The number of hydrogen-bond acceptors (Lipinski definition) is 2. The zero-order chi connectivity index (χ0) is 9.68. The van der Waals surface area contributed by atoms with Gasteiger partial charge in [0.1, 0.15) is 6.26 Å². The number of carbonyl (C=O) groups excluding carboxylic acids is 1. The minimum absolute atomic E-state index is 0.351. The number of benzene rings is 1. The van der Waals surface area contributed by atoms with Gasteiger partial charge < -0.3 is 4.74 Å². The third kappa shape index (κ3) is 3.03. The van der Waals surface area contributed by atoms with E-state index in [0.717, 1.165) is 5.56 Å². The van der Waals surface area contributed by atoms with Gasteiger partial charge in [0.15, 0.2) is 0 Å².